The SMILES string of the molecule is [N-]=[N+]=NCc1ccc(Cl)nc1Cl. The van der Waals surface area contributed by atoms with Crippen LogP contribution in [-0.2, 0) is 6.54 Å². The summed E-state index contributed by atoms with van der Waals surface area (Å²) in [5, 5.41) is 3.94. The Balaban J connectivity index is 2.93. The van der Waals surface area contributed by atoms with Crippen molar-refractivity contribution in [3.05, 3.63) is 38.4 Å². The average Bonchev–Trinajstić information content (AvgIpc) is 2.03. The molecule has 4 nitrogen and oxygen atoms in total. The van der Waals surface area contributed by atoms with Crippen molar-refractivity contribution < 1.29 is 0 Å². The smallest absolute Gasteiger partial charge is 0.134 e. The molecule has 0 atom stereocenters. The lowest BCUT2D eigenvalue weighted by Gasteiger charge is -1.97. The normalized spacial score (nSPS) is 9.17. The monoisotopic (exact) mass is 202 g/mol. The topological polar surface area (TPSA) is 61.7 Å². The van der Waals surface area contributed by atoms with Gasteiger partial charge in [0.2, 0.25) is 0 Å². The Morgan fingerprint density at radius 2 is 2.25 bits per heavy atom. The number of pyridine rings is 1. The Bertz CT molecular complexity index is 332. The van der Waals surface area contributed by atoms with E-state index >= 15 is 0 Å². The molecular weight excluding hydrogens is 199 g/mol. The highest BCUT2D eigenvalue weighted by Crippen LogP contribution is 2.17. The first-order chi connectivity index (χ1) is 5.74. The third-order valence-corrected chi connectivity index (χ3v) is 1.73. The second kappa shape index (κ2) is 4.16. The Morgan fingerprint density at radius 1 is 1.50 bits per heavy atom. The van der Waals surface area contributed by atoms with Gasteiger partial charge in [-0.25, -0.2) is 4.98 Å². The minimum Gasteiger partial charge on any atom is -0.224 e. The fourth-order valence-corrected chi connectivity index (χ4v) is 1.07. The summed E-state index contributed by atoms with van der Waals surface area (Å²) in [6, 6.07) is 3.27. The summed E-state index contributed by atoms with van der Waals surface area (Å²) in [5.74, 6) is 0. The number of hydrogen-bond acceptors (Lipinski definition) is 2. The first-order valence-corrected chi connectivity index (χ1v) is 3.81. The Morgan fingerprint density at radius 3 is 2.83 bits per heavy atom. The fraction of sp³-hybridized carbons (Fsp3) is 0.167. The number of halogens is 2. The third-order valence-electron chi connectivity index (χ3n) is 1.20. The van der Waals surface area contributed by atoms with E-state index in [1.165, 1.54) is 0 Å². The standard InChI is InChI=1S/C6H4Cl2N4/c7-5-2-1-4(3-10-12-9)6(8)11-5/h1-2H,3H2. The van der Waals surface area contributed by atoms with Gasteiger partial charge in [-0.3, -0.25) is 0 Å². The molecule has 0 bridgehead atoms. The van der Waals surface area contributed by atoms with E-state index in [9.17, 15) is 0 Å². The summed E-state index contributed by atoms with van der Waals surface area (Å²) in [6.45, 7) is 0.194. The Kier molecular flexibility index (Phi) is 3.17. The van der Waals surface area contributed by atoms with Crippen molar-refractivity contribution in [2.75, 3.05) is 0 Å². The van der Waals surface area contributed by atoms with Gasteiger partial charge in [-0.2, -0.15) is 0 Å². The molecule has 62 valence electrons. The average molecular weight is 203 g/mol. The maximum absolute atomic E-state index is 8.04. The van der Waals surface area contributed by atoms with E-state index in [1.54, 1.807) is 12.1 Å². The van der Waals surface area contributed by atoms with Gasteiger partial charge < -0.3 is 0 Å². The largest absolute Gasteiger partial charge is 0.224 e. The second-order valence-corrected chi connectivity index (χ2v) is 2.72. The molecule has 0 saturated heterocycles. The molecule has 1 aromatic heterocycles. The summed E-state index contributed by atoms with van der Waals surface area (Å²) in [6.07, 6.45) is 0. The zero-order valence-electron chi connectivity index (χ0n) is 5.91. The van der Waals surface area contributed by atoms with Crippen LogP contribution in [0.5, 0.6) is 0 Å². The lowest BCUT2D eigenvalue weighted by Crippen LogP contribution is -1.85. The molecule has 0 spiro atoms. The van der Waals surface area contributed by atoms with Gasteiger partial charge in [-0.15, -0.1) is 0 Å². The first-order valence-electron chi connectivity index (χ1n) is 3.06. The van der Waals surface area contributed by atoms with E-state index in [1.807, 2.05) is 0 Å². The molecular formula is C6H4Cl2N4. The maximum atomic E-state index is 8.04. The van der Waals surface area contributed by atoms with Gasteiger partial charge in [-0.05, 0) is 17.2 Å². The molecule has 0 aliphatic carbocycles. The molecule has 0 unspecified atom stereocenters. The molecule has 1 heterocycles. The van der Waals surface area contributed by atoms with Crippen molar-refractivity contribution >= 4 is 23.2 Å². The molecule has 0 radical (unpaired) electrons. The molecule has 0 aliphatic rings. The third kappa shape index (κ3) is 2.27. The van der Waals surface area contributed by atoms with Crippen molar-refractivity contribution in [1.82, 2.24) is 4.98 Å². The lowest BCUT2D eigenvalue weighted by atomic mass is 10.3. The molecule has 0 aliphatic heterocycles. The molecule has 1 rings (SSSR count). The zero-order valence-corrected chi connectivity index (χ0v) is 7.42. The summed E-state index contributed by atoms with van der Waals surface area (Å²) >= 11 is 11.2. The molecule has 6 heteroatoms. The molecule has 1 aromatic rings. The van der Waals surface area contributed by atoms with Crippen LogP contribution in [0.15, 0.2) is 17.2 Å². The van der Waals surface area contributed by atoms with Crippen LogP contribution in [0.1, 0.15) is 5.56 Å². The highest BCUT2D eigenvalue weighted by Gasteiger charge is 2.00. The summed E-state index contributed by atoms with van der Waals surface area (Å²) in [5.41, 5.74) is 8.71. The van der Waals surface area contributed by atoms with E-state index in [0.29, 0.717) is 10.7 Å². The first kappa shape index (κ1) is 9.13. The quantitative estimate of drug-likeness (QED) is 0.315. The number of azide groups is 1. The maximum Gasteiger partial charge on any atom is 0.134 e. The highest BCUT2D eigenvalue weighted by atomic mass is 35.5. The van der Waals surface area contributed by atoms with E-state index in [4.69, 9.17) is 28.7 Å². The van der Waals surface area contributed by atoms with Crippen LogP contribution in [0.3, 0.4) is 0 Å². The van der Waals surface area contributed by atoms with Crippen LogP contribution >= 0.6 is 23.2 Å². The van der Waals surface area contributed by atoms with Gasteiger partial charge in [0, 0.05) is 4.91 Å². The summed E-state index contributed by atoms with van der Waals surface area (Å²) in [4.78, 5) is 6.37. The van der Waals surface area contributed by atoms with Gasteiger partial charge in [0.1, 0.15) is 10.3 Å². The van der Waals surface area contributed by atoms with Crippen molar-refractivity contribution in [3.63, 3.8) is 0 Å². The van der Waals surface area contributed by atoms with Crippen molar-refractivity contribution in [1.29, 1.82) is 0 Å². The molecule has 0 aromatic carbocycles. The van der Waals surface area contributed by atoms with Gasteiger partial charge in [0.25, 0.3) is 0 Å². The van der Waals surface area contributed by atoms with Gasteiger partial charge in [0.15, 0.2) is 0 Å². The highest BCUT2D eigenvalue weighted by molar-refractivity contribution is 6.32. The van der Waals surface area contributed by atoms with Crippen LogP contribution in [0.25, 0.3) is 10.4 Å². The van der Waals surface area contributed by atoms with Gasteiger partial charge in [-0.1, -0.05) is 34.4 Å². The molecule has 0 N–H and O–H groups in total. The Hall–Kier alpha value is -0.960. The van der Waals surface area contributed by atoms with Crippen LogP contribution in [0.4, 0.5) is 0 Å². The number of hydrogen-bond donors (Lipinski definition) is 0. The summed E-state index contributed by atoms with van der Waals surface area (Å²) < 4.78 is 0. The number of aromatic nitrogens is 1. The predicted octanol–water partition coefficient (Wildman–Crippen LogP) is 3.20. The summed E-state index contributed by atoms with van der Waals surface area (Å²) in [7, 11) is 0. The van der Waals surface area contributed by atoms with Crippen LogP contribution < -0.4 is 0 Å². The molecule has 12 heavy (non-hydrogen) atoms. The number of rotatable bonds is 2. The lowest BCUT2D eigenvalue weighted by molar-refractivity contribution is 1.03. The zero-order chi connectivity index (χ0) is 8.97. The predicted molar refractivity (Wildman–Crippen MR) is 47.1 cm³/mol. The van der Waals surface area contributed by atoms with E-state index in [-0.39, 0.29) is 11.7 Å². The molecule has 0 fully saturated rings. The molecule has 0 amide bonds. The number of nitrogens with zero attached hydrogens (tertiary/aromatic N) is 4. The van der Waals surface area contributed by atoms with Crippen molar-refractivity contribution in [2.45, 2.75) is 6.54 Å². The van der Waals surface area contributed by atoms with Crippen LogP contribution in [-0.4, -0.2) is 4.98 Å². The van der Waals surface area contributed by atoms with Crippen molar-refractivity contribution in [3.8, 4) is 0 Å². The van der Waals surface area contributed by atoms with Gasteiger partial charge in [0.05, 0.1) is 6.54 Å². The minimum absolute atomic E-state index is 0.194. The Labute approximate surface area is 78.8 Å². The fourth-order valence-electron chi connectivity index (χ4n) is 0.667. The molecule has 0 saturated carbocycles. The van der Waals surface area contributed by atoms with E-state index in [2.05, 4.69) is 15.0 Å². The van der Waals surface area contributed by atoms with Crippen molar-refractivity contribution in [2.24, 2.45) is 5.11 Å². The second-order valence-electron chi connectivity index (χ2n) is 1.97. The van der Waals surface area contributed by atoms with E-state index < -0.39 is 0 Å². The van der Waals surface area contributed by atoms with Crippen LogP contribution in [0.2, 0.25) is 10.3 Å². The van der Waals surface area contributed by atoms with E-state index in [0.717, 1.165) is 0 Å². The van der Waals surface area contributed by atoms with Gasteiger partial charge >= 0.3 is 0 Å². The van der Waals surface area contributed by atoms with Crippen LogP contribution in [0, 0.1) is 0 Å². The minimum atomic E-state index is 0.194.